The number of benzene rings is 2. The molecule has 0 aliphatic heterocycles. The number of methoxy groups -OCH3 is 2. The molecule has 22 heavy (non-hydrogen) atoms. The summed E-state index contributed by atoms with van der Waals surface area (Å²) in [6.45, 7) is 0. The van der Waals surface area contributed by atoms with Gasteiger partial charge in [-0.15, -0.1) is 0 Å². The fourth-order valence-corrected chi connectivity index (χ4v) is 2.26. The van der Waals surface area contributed by atoms with E-state index < -0.39 is 0 Å². The van der Waals surface area contributed by atoms with Crippen LogP contribution in [-0.4, -0.2) is 14.2 Å². The van der Waals surface area contributed by atoms with Gasteiger partial charge in [0.1, 0.15) is 0 Å². The Bertz CT molecular complexity index is 724. The molecule has 110 valence electrons. The summed E-state index contributed by atoms with van der Waals surface area (Å²) < 4.78 is 10.5. The lowest BCUT2D eigenvalue weighted by Crippen LogP contribution is -2.02. The van der Waals surface area contributed by atoms with Gasteiger partial charge in [-0.05, 0) is 41.8 Å². The third-order valence-corrected chi connectivity index (χ3v) is 3.49. The van der Waals surface area contributed by atoms with Crippen molar-refractivity contribution in [2.45, 2.75) is 12.3 Å². The van der Waals surface area contributed by atoms with Crippen LogP contribution in [-0.2, 0) is 6.42 Å². The molecule has 0 radical (unpaired) electrons. The van der Waals surface area contributed by atoms with Crippen LogP contribution in [0.1, 0.15) is 22.6 Å². The second-order valence-electron chi connectivity index (χ2n) is 4.81. The van der Waals surface area contributed by atoms with Gasteiger partial charge in [0.25, 0.3) is 0 Å². The second-order valence-corrected chi connectivity index (χ2v) is 4.81. The van der Waals surface area contributed by atoms with Gasteiger partial charge < -0.3 is 9.47 Å². The van der Waals surface area contributed by atoms with Crippen LogP contribution >= 0.6 is 0 Å². The second kappa shape index (κ2) is 7.15. The first-order valence-corrected chi connectivity index (χ1v) is 6.82. The van der Waals surface area contributed by atoms with Gasteiger partial charge in [0.15, 0.2) is 11.5 Å². The van der Waals surface area contributed by atoms with Gasteiger partial charge in [-0.25, -0.2) is 0 Å². The van der Waals surface area contributed by atoms with E-state index in [1.54, 1.807) is 32.4 Å². The first-order chi connectivity index (χ1) is 10.7. The number of hydrogen-bond acceptors (Lipinski definition) is 4. The van der Waals surface area contributed by atoms with Gasteiger partial charge in [0, 0.05) is 0 Å². The Kier molecular flexibility index (Phi) is 5.01. The number of ether oxygens (including phenoxy) is 2. The van der Waals surface area contributed by atoms with Crippen molar-refractivity contribution >= 4 is 0 Å². The molecule has 0 heterocycles. The van der Waals surface area contributed by atoms with Crippen molar-refractivity contribution in [1.82, 2.24) is 0 Å². The molecule has 0 N–H and O–H groups in total. The summed E-state index contributed by atoms with van der Waals surface area (Å²) in [5.41, 5.74) is 2.51. The summed E-state index contributed by atoms with van der Waals surface area (Å²) in [7, 11) is 3.15. The number of nitriles is 2. The predicted octanol–water partition coefficient (Wildman–Crippen LogP) is 3.43. The summed E-state index contributed by atoms with van der Waals surface area (Å²) >= 11 is 0. The van der Waals surface area contributed by atoms with Crippen LogP contribution in [0.25, 0.3) is 0 Å². The first kappa shape index (κ1) is 15.4. The topological polar surface area (TPSA) is 66.0 Å². The SMILES string of the molecule is COc1ccc(C(C#N)Cc2ccc(C#N)cc2)cc1OC. The van der Waals surface area contributed by atoms with Crippen molar-refractivity contribution in [1.29, 1.82) is 10.5 Å². The molecule has 0 saturated carbocycles. The molecule has 0 bridgehead atoms. The molecule has 0 aliphatic carbocycles. The fourth-order valence-electron chi connectivity index (χ4n) is 2.26. The molecule has 2 aromatic carbocycles. The van der Waals surface area contributed by atoms with E-state index in [0.29, 0.717) is 23.5 Å². The first-order valence-electron chi connectivity index (χ1n) is 6.82. The highest BCUT2D eigenvalue weighted by atomic mass is 16.5. The Morgan fingerprint density at radius 3 is 2.18 bits per heavy atom. The van der Waals surface area contributed by atoms with Crippen LogP contribution in [0.5, 0.6) is 11.5 Å². The van der Waals surface area contributed by atoms with Gasteiger partial charge in [0.05, 0.1) is 37.8 Å². The fraction of sp³-hybridized carbons (Fsp3) is 0.222. The van der Waals surface area contributed by atoms with E-state index in [4.69, 9.17) is 14.7 Å². The molecule has 4 nitrogen and oxygen atoms in total. The minimum Gasteiger partial charge on any atom is -0.493 e. The van der Waals surface area contributed by atoms with Crippen molar-refractivity contribution in [3.63, 3.8) is 0 Å². The Labute approximate surface area is 130 Å². The highest BCUT2D eigenvalue weighted by Gasteiger charge is 2.14. The van der Waals surface area contributed by atoms with Crippen LogP contribution in [0.4, 0.5) is 0 Å². The largest absolute Gasteiger partial charge is 0.493 e. The van der Waals surface area contributed by atoms with Crippen molar-refractivity contribution in [3.8, 4) is 23.6 Å². The van der Waals surface area contributed by atoms with Crippen LogP contribution in [0.15, 0.2) is 42.5 Å². The molecule has 2 aromatic rings. The van der Waals surface area contributed by atoms with E-state index in [0.717, 1.165) is 11.1 Å². The Morgan fingerprint density at radius 2 is 1.64 bits per heavy atom. The van der Waals surface area contributed by atoms with Crippen LogP contribution in [0.2, 0.25) is 0 Å². The molecular weight excluding hydrogens is 276 g/mol. The van der Waals surface area contributed by atoms with Gasteiger partial charge in [0.2, 0.25) is 0 Å². The van der Waals surface area contributed by atoms with E-state index in [1.807, 2.05) is 24.3 Å². The van der Waals surface area contributed by atoms with E-state index in [2.05, 4.69) is 12.1 Å². The van der Waals surface area contributed by atoms with Crippen LogP contribution in [0.3, 0.4) is 0 Å². The summed E-state index contributed by atoms with van der Waals surface area (Å²) in [6, 6.07) is 17.2. The lowest BCUT2D eigenvalue weighted by Gasteiger charge is -2.13. The molecule has 1 unspecified atom stereocenters. The number of nitrogens with zero attached hydrogens (tertiary/aromatic N) is 2. The third kappa shape index (κ3) is 3.37. The Hall–Kier alpha value is -2.98. The average Bonchev–Trinajstić information content (AvgIpc) is 2.59. The van der Waals surface area contributed by atoms with Gasteiger partial charge >= 0.3 is 0 Å². The van der Waals surface area contributed by atoms with Crippen molar-refractivity contribution < 1.29 is 9.47 Å². The van der Waals surface area contributed by atoms with E-state index in [1.165, 1.54) is 0 Å². The zero-order valence-corrected chi connectivity index (χ0v) is 12.5. The molecule has 1 atom stereocenters. The third-order valence-electron chi connectivity index (χ3n) is 3.49. The maximum absolute atomic E-state index is 9.46. The highest BCUT2D eigenvalue weighted by Crippen LogP contribution is 2.31. The van der Waals surface area contributed by atoms with E-state index in [-0.39, 0.29) is 5.92 Å². The minimum absolute atomic E-state index is 0.284. The zero-order valence-electron chi connectivity index (χ0n) is 12.5. The molecular formula is C18H16N2O2. The van der Waals surface area contributed by atoms with Crippen molar-refractivity contribution in [2.24, 2.45) is 0 Å². The molecule has 0 spiro atoms. The van der Waals surface area contributed by atoms with E-state index in [9.17, 15) is 5.26 Å². The quantitative estimate of drug-likeness (QED) is 0.846. The summed E-state index contributed by atoms with van der Waals surface area (Å²) in [6.07, 6.45) is 0.581. The number of rotatable bonds is 5. The molecule has 0 aliphatic rings. The van der Waals surface area contributed by atoms with Crippen molar-refractivity contribution in [2.75, 3.05) is 14.2 Å². The van der Waals surface area contributed by atoms with Crippen LogP contribution in [0, 0.1) is 22.7 Å². The monoisotopic (exact) mass is 292 g/mol. The van der Waals surface area contributed by atoms with E-state index >= 15 is 0 Å². The normalized spacial score (nSPS) is 11.1. The zero-order chi connectivity index (χ0) is 15.9. The minimum atomic E-state index is -0.284. The van der Waals surface area contributed by atoms with Gasteiger partial charge in [-0.3, -0.25) is 0 Å². The van der Waals surface area contributed by atoms with Crippen molar-refractivity contribution in [3.05, 3.63) is 59.2 Å². The molecule has 0 aromatic heterocycles. The molecule has 0 amide bonds. The molecule has 0 saturated heterocycles. The maximum atomic E-state index is 9.46. The lowest BCUT2D eigenvalue weighted by atomic mass is 9.92. The lowest BCUT2D eigenvalue weighted by molar-refractivity contribution is 0.354. The standard InChI is InChI=1S/C18H16N2O2/c1-21-17-8-7-15(10-18(17)22-2)16(12-20)9-13-3-5-14(11-19)6-4-13/h3-8,10,16H,9H2,1-2H3. The van der Waals surface area contributed by atoms with Gasteiger partial charge in [-0.2, -0.15) is 10.5 Å². The number of hydrogen-bond donors (Lipinski definition) is 0. The smallest absolute Gasteiger partial charge is 0.161 e. The van der Waals surface area contributed by atoms with Gasteiger partial charge in [-0.1, -0.05) is 18.2 Å². The summed E-state index contributed by atoms with van der Waals surface area (Å²) in [5, 5.41) is 18.3. The maximum Gasteiger partial charge on any atom is 0.161 e. The summed E-state index contributed by atoms with van der Waals surface area (Å²) in [5.74, 6) is 0.967. The molecule has 2 rings (SSSR count). The highest BCUT2D eigenvalue weighted by molar-refractivity contribution is 5.45. The Morgan fingerprint density at radius 1 is 0.955 bits per heavy atom. The molecule has 0 fully saturated rings. The Balaban J connectivity index is 2.24. The molecule has 4 heteroatoms. The predicted molar refractivity (Wildman–Crippen MR) is 82.8 cm³/mol. The summed E-state index contributed by atoms with van der Waals surface area (Å²) in [4.78, 5) is 0. The van der Waals surface area contributed by atoms with Crippen LogP contribution < -0.4 is 9.47 Å². The average molecular weight is 292 g/mol.